The summed E-state index contributed by atoms with van der Waals surface area (Å²) >= 11 is 0. The SMILES string of the molecule is CCC=CCC=CCC=CCC=CCC=CCCCC(=O)NCCNC(=O)c1ccc(CCN2CCOCC2)nc1. The van der Waals surface area contributed by atoms with Crippen LogP contribution >= 0.6 is 0 Å². The fraction of sp³-hybridized carbons (Fsp3) is 0.500. The first-order valence-electron chi connectivity index (χ1n) is 15.2. The standard InChI is InChI=1S/C34H50N4O3/c1-2-3-4-5-6-7-8-9-10-11-12-13-14-15-16-17-18-19-33(39)35-23-24-36-34(40)31-20-21-32(37-30-31)22-25-38-26-28-41-29-27-38/h3-4,6-7,9-10,12-13,15-16,20-21,30H,2,5,8,11,14,17-19,22-29H2,1H3,(H,35,39)(H,36,40). The Labute approximate surface area is 247 Å². The van der Waals surface area contributed by atoms with Gasteiger partial charge in [-0.15, -0.1) is 0 Å². The van der Waals surface area contributed by atoms with E-state index in [1.165, 1.54) is 0 Å². The second-order valence-corrected chi connectivity index (χ2v) is 9.95. The number of allylic oxidation sites excluding steroid dienone is 10. The second kappa shape index (κ2) is 23.4. The van der Waals surface area contributed by atoms with Crippen molar-refractivity contribution in [2.24, 2.45) is 0 Å². The van der Waals surface area contributed by atoms with Crippen LogP contribution in [0.5, 0.6) is 0 Å². The summed E-state index contributed by atoms with van der Waals surface area (Å²) in [7, 11) is 0. The zero-order valence-electron chi connectivity index (χ0n) is 24.9. The van der Waals surface area contributed by atoms with Gasteiger partial charge < -0.3 is 15.4 Å². The quantitative estimate of drug-likeness (QED) is 0.157. The Morgan fingerprint density at radius 1 is 0.854 bits per heavy atom. The Bertz CT molecular complexity index is 990. The van der Waals surface area contributed by atoms with Crippen LogP contribution in [-0.2, 0) is 16.0 Å². The van der Waals surface area contributed by atoms with Crippen molar-refractivity contribution in [1.29, 1.82) is 0 Å². The van der Waals surface area contributed by atoms with Crippen molar-refractivity contribution < 1.29 is 14.3 Å². The maximum Gasteiger partial charge on any atom is 0.252 e. The van der Waals surface area contributed by atoms with Crippen LogP contribution in [0.1, 0.15) is 74.3 Å². The fourth-order valence-electron chi connectivity index (χ4n) is 4.12. The first-order chi connectivity index (χ1) is 20.2. The second-order valence-electron chi connectivity index (χ2n) is 9.95. The number of pyridine rings is 1. The highest BCUT2D eigenvalue weighted by atomic mass is 16.5. The van der Waals surface area contributed by atoms with Gasteiger partial charge in [-0.2, -0.15) is 0 Å². The van der Waals surface area contributed by atoms with E-state index in [0.29, 0.717) is 25.1 Å². The summed E-state index contributed by atoms with van der Waals surface area (Å²) in [6.07, 6.45) is 31.4. The number of amides is 2. The minimum atomic E-state index is -0.176. The van der Waals surface area contributed by atoms with Gasteiger partial charge in [-0.3, -0.25) is 19.5 Å². The molecule has 0 aliphatic carbocycles. The molecule has 0 unspecified atom stereocenters. The molecule has 1 aromatic rings. The molecule has 0 saturated carbocycles. The Kier molecular flexibility index (Phi) is 19.4. The van der Waals surface area contributed by atoms with E-state index < -0.39 is 0 Å². The maximum absolute atomic E-state index is 12.3. The van der Waals surface area contributed by atoms with Crippen molar-refractivity contribution in [3.8, 4) is 0 Å². The summed E-state index contributed by atoms with van der Waals surface area (Å²) in [5, 5.41) is 5.71. The minimum Gasteiger partial charge on any atom is -0.379 e. The van der Waals surface area contributed by atoms with Crippen LogP contribution in [0.25, 0.3) is 0 Å². The highest BCUT2D eigenvalue weighted by Crippen LogP contribution is 2.04. The molecular formula is C34H50N4O3. The van der Waals surface area contributed by atoms with Crippen molar-refractivity contribution in [1.82, 2.24) is 20.5 Å². The number of carbonyl (C=O) groups is 2. The first-order valence-corrected chi connectivity index (χ1v) is 15.2. The molecular weight excluding hydrogens is 512 g/mol. The van der Waals surface area contributed by atoms with Crippen molar-refractivity contribution >= 4 is 11.8 Å². The summed E-state index contributed by atoms with van der Waals surface area (Å²) in [5.74, 6) is -0.164. The molecule has 0 bridgehead atoms. The summed E-state index contributed by atoms with van der Waals surface area (Å²) in [6.45, 7) is 7.40. The Morgan fingerprint density at radius 2 is 1.46 bits per heavy atom. The molecule has 1 aliphatic rings. The topological polar surface area (TPSA) is 83.6 Å². The molecule has 0 aromatic carbocycles. The lowest BCUT2D eigenvalue weighted by atomic mass is 10.2. The third kappa shape index (κ3) is 17.9. The molecule has 2 rings (SSSR count). The fourth-order valence-corrected chi connectivity index (χ4v) is 4.12. The van der Waals surface area contributed by atoms with Gasteiger partial charge in [-0.1, -0.05) is 67.7 Å². The van der Waals surface area contributed by atoms with Crippen molar-refractivity contribution in [3.05, 3.63) is 90.3 Å². The largest absolute Gasteiger partial charge is 0.379 e. The zero-order valence-corrected chi connectivity index (χ0v) is 24.9. The normalized spacial score (nSPS) is 14.8. The number of ether oxygens (including phenoxy) is 1. The molecule has 0 spiro atoms. The van der Waals surface area contributed by atoms with Gasteiger partial charge >= 0.3 is 0 Å². The number of hydrogen-bond acceptors (Lipinski definition) is 5. The summed E-state index contributed by atoms with van der Waals surface area (Å²) in [4.78, 5) is 31.2. The number of morpholine rings is 1. The Balaban J connectivity index is 1.43. The average Bonchev–Trinajstić information content (AvgIpc) is 3.00. The van der Waals surface area contributed by atoms with Crippen molar-refractivity contribution in [3.63, 3.8) is 0 Å². The molecule has 1 saturated heterocycles. The van der Waals surface area contributed by atoms with E-state index in [1.54, 1.807) is 6.20 Å². The predicted octanol–water partition coefficient (Wildman–Crippen LogP) is 5.72. The van der Waals surface area contributed by atoms with Gasteiger partial charge in [0.15, 0.2) is 0 Å². The number of aromatic nitrogens is 1. The van der Waals surface area contributed by atoms with Gasteiger partial charge in [0, 0.05) is 57.5 Å². The predicted molar refractivity (Wildman–Crippen MR) is 169 cm³/mol. The van der Waals surface area contributed by atoms with E-state index in [1.807, 2.05) is 12.1 Å². The van der Waals surface area contributed by atoms with Gasteiger partial charge in [-0.05, 0) is 57.1 Å². The minimum absolute atomic E-state index is 0.0119. The first kappa shape index (κ1) is 33.9. The highest BCUT2D eigenvalue weighted by molar-refractivity contribution is 5.93. The molecule has 7 nitrogen and oxygen atoms in total. The van der Waals surface area contributed by atoms with E-state index in [2.05, 4.69) is 88.2 Å². The van der Waals surface area contributed by atoms with Gasteiger partial charge in [-0.25, -0.2) is 0 Å². The Hall–Kier alpha value is -3.29. The molecule has 1 aliphatic heterocycles. The molecule has 224 valence electrons. The molecule has 1 aromatic heterocycles. The summed E-state index contributed by atoms with van der Waals surface area (Å²) in [6, 6.07) is 3.72. The number of unbranched alkanes of at least 4 members (excludes halogenated alkanes) is 1. The third-order valence-corrected chi connectivity index (χ3v) is 6.54. The van der Waals surface area contributed by atoms with Crippen LogP contribution in [0.3, 0.4) is 0 Å². The monoisotopic (exact) mass is 562 g/mol. The summed E-state index contributed by atoms with van der Waals surface area (Å²) in [5.41, 5.74) is 1.51. The lowest BCUT2D eigenvalue weighted by molar-refractivity contribution is -0.121. The Morgan fingerprint density at radius 3 is 2.07 bits per heavy atom. The van der Waals surface area contributed by atoms with E-state index in [-0.39, 0.29) is 11.8 Å². The number of nitrogens with zero attached hydrogens (tertiary/aromatic N) is 2. The van der Waals surface area contributed by atoms with Crippen LogP contribution in [0, 0.1) is 0 Å². The number of nitrogens with one attached hydrogen (secondary N) is 2. The molecule has 41 heavy (non-hydrogen) atoms. The van der Waals surface area contributed by atoms with Gasteiger partial charge in [0.2, 0.25) is 5.91 Å². The molecule has 7 heteroatoms. The van der Waals surface area contributed by atoms with Gasteiger partial charge in [0.1, 0.15) is 0 Å². The average molecular weight is 563 g/mol. The van der Waals surface area contributed by atoms with Crippen molar-refractivity contribution in [2.45, 2.75) is 64.7 Å². The van der Waals surface area contributed by atoms with Crippen LogP contribution in [0.4, 0.5) is 0 Å². The lowest BCUT2D eigenvalue weighted by Crippen LogP contribution is -2.37. The molecule has 2 heterocycles. The molecule has 2 amide bonds. The van der Waals surface area contributed by atoms with Crippen LogP contribution < -0.4 is 10.6 Å². The third-order valence-electron chi connectivity index (χ3n) is 6.54. The molecule has 0 atom stereocenters. The van der Waals surface area contributed by atoms with Gasteiger partial charge in [0.05, 0.1) is 18.8 Å². The maximum atomic E-state index is 12.3. The van der Waals surface area contributed by atoms with E-state index in [0.717, 1.165) is 89.9 Å². The molecule has 1 fully saturated rings. The van der Waals surface area contributed by atoms with E-state index in [9.17, 15) is 9.59 Å². The number of rotatable bonds is 20. The number of hydrogen-bond donors (Lipinski definition) is 2. The highest BCUT2D eigenvalue weighted by Gasteiger charge is 2.11. The summed E-state index contributed by atoms with van der Waals surface area (Å²) < 4.78 is 5.37. The van der Waals surface area contributed by atoms with Crippen molar-refractivity contribution in [2.75, 3.05) is 45.9 Å². The van der Waals surface area contributed by atoms with Crippen LogP contribution in [0.2, 0.25) is 0 Å². The van der Waals surface area contributed by atoms with E-state index >= 15 is 0 Å². The zero-order chi connectivity index (χ0) is 29.2. The number of carbonyl (C=O) groups excluding carboxylic acids is 2. The smallest absolute Gasteiger partial charge is 0.252 e. The molecule has 2 N–H and O–H groups in total. The van der Waals surface area contributed by atoms with Crippen LogP contribution in [-0.4, -0.2) is 67.6 Å². The van der Waals surface area contributed by atoms with Crippen LogP contribution in [0.15, 0.2) is 79.1 Å². The van der Waals surface area contributed by atoms with Gasteiger partial charge in [0.25, 0.3) is 5.91 Å². The van der Waals surface area contributed by atoms with E-state index in [4.69, 9.17) is 4.74 Å². The lowest BCUT2D eigenvalue weighted by Gasteiger charge is -2.26. The molecule has 0 radical (unpaired) electrons.